The molecule has 0 saturated carbocycles. The molecule has 0 saturated heterocycles. The van der Waals surface area contributed by atoms with Crippen molar-refractivity contribution in [3.8, 4) is 0 Å². The van der Waals surface area contributed by atoms with Gasteiger partial charge >= 0.3 is 5.97 Å². The Bertz CT molecular complexity index is 681. The van der Waals surface area contributed by atoms with Gasteiger partial charge in [0.05, 0.1) is 5.56 Å². The van der Waals surface area contributed by atoms with Crippen molar-refractivity contribution in [3.63, 3.8) is 0 Å². The van der Waals surface area contributed by atoms with E-state index in [1.54, 1.807) is 12.3 Å². The van der Waals surface area contributed by atoms with Crippen molar-refractivity contribution in [2.24, 2.45) is 0 Å². The number of nitrogens with one attached hydrogen (secondary N) is 1. The van der Waals surface area contributed by atoms with E-state index in [9.17, 15) is 4.79 Å². The Morgan fingerprint density at radius 2 is 2.20 bits per heavy atom. The first-order valence-electron chi connectivity index (χ1n) is 6.29. The molecule has 2 heterocycles. The lowest BCUT2D eigenvalue weighted by Crippen LogP contribution is -1.99. The molecule has 0 atom stereocenters. The fourth-order valence-electron chi connectivity index (χ4n) is 2.22. The number of nitrogens with zero attached hydrogens (tertiary/aromatic N) is 2. The predicted octanol–water partition coefficient (Wildman–Crippen LogP) is 2.27. The number of pyridine rings is 2. The lowest BCUT2D eigenvalue weighted by atomic mass is 10.1. The van der Waals surface area contributed by atoms with Crippen LogP contribution >= 0.6 is 0 Å². The van der Waals surface area contributed by atoms with Crippen LogP contribution in [0.3, 0.4) is 0 Å². The topological polar surface area (TPSA) is 75.1 Å². The number of hydrogen-bond acceptors (Lipinski definition) is 4. The molecule has 0 aromatic carbocycles. The zero-order valence-corrected chi connectivity index (χ0v) is 10.7. The monoisotopic (exact) mass is 267 g/mol. The van der Waals surface area contributed by atoms with E-state index in [2.05, 4.69) is 15.3 Å². The Morgan fingerprint density at radius 1 is 1.30 bits per heavy atom. The molecule has 5 nitrogen and oxygen atoms in total. The summed E-state index contributed by atoms with van der Waals surface area (Å²) >= 11 is 0. The molecule has 100 valence electrons. The molecule has 0 fully saturated rings. The van der Waals surface area contributed by atoms with Crippen LogP contribution in [0.15, 0.2) is 48.4 Å². The van der Waals surface area contributed by atoms with Crippen molar-refractivity contribution in [1.29, 1.82) is 0 Å². The first kappa shape index (κ1) is 12.3. The van der Waals surface area contributed by atoms with Gasteiger partial charge in [-0.1, -0.05) is 6.07 Å². The highest BCUT2D eigenvalue weighted by Crippen LogP contribution is 2.25. The van der Waals surface area contributed by atoms with E-state index in [1.807, 2.05) is 24.4 Å². The van der Waals surface area contributed by atoms with Crippen LogP contribution < -0.4 is 5.32 Å². The van der Waals surface area contributed by atoms with Crippen LogP contribution in [0, 0.1) is 0 Å². The second kappa shape index (κ2) is 5.13. The summed E-state index contributed by atoms with van der Waals surface area (Å²) in [5.74, 6) is -0.153. The van der Waals surface area contributed by atoms with Gasteiger partial charge in [0.15, 0.2) is 0 Å². The Balaban J connectivity index is 1.75. The lowest BCUT2D eigenvalue weighted by molar-refractivity contribution is 0.0696. The van der Waals surface area contributed by atoms with Gasteiger partial charge in [0.2, 0.25) is 0 Å². The number of rotatable bonds is 3. The molecule has 1 aliphatic rings. The van der Waals surface area contributed by atoms with Gasteiger partial charge in [0, 0.05) is 30.7 Å². The molecule has 0 spiro atoms. The van der Waals surface area contributed by atoms with E-state index in [1.165, 1.54) is 11.8 Å². The van der Waals surface area contributed by atoms with E-state index in [-0.39, 0.29) is 5.56 Å². The van der Waals surface area contributed by atoms with Crippen molar-refractivity contribution in [2.75, 3.05) is 5.32 Å². The molecule has 0 radical (unpaired) electrons. The van der Waals surface area contributed by atoms with Crippen LogP contribution in [0.2, 0.25) is 0 Å². The summed E-state index contributed by atoms with van der Waals surface area (Å²) in [5.41, 5.74) is 3.34. The number of allylic oxidation sites excluding steroid dienone is 1. The first-order chi connectivity index (χ1) is 9.72. The zero-order chi connectivity index (χ0) is 13.9. The van der Waals surface area contributed by atoms with Crippen LogP contribution in [0.25, 0.3) is 0 Å². The number of carbonyl (C=O) groups is 1. The Morgan fingerprint density at radius 3 is 2.95 bits per heavy atom. The van der Waals surface area contributed by atoms with E-state index in [0.717, 1.165) is 29.9 Å². The van der Waals surface area contributed by atoms with Crippen LogP contribution in [-0.2, 0) is 12.8 Å². The number of aromatic carboxylic acids is 1. The Kier molecular flexibility index (Phi) is 3.16. The second-order valence-electron chi connectivity index (χ2n) is 4.65. The summed E-state index contributed by atoms with van der Waals surface area (Å²) in [7, 11) is 0. The molecular formula is C15H13N3O2. The highest BCUT2D eigenvalue weighted by atomic mass is 16.4. The number of carboxylic acids is 1. The van der Waals surface area contributed by atoms with Crippen molar-refractivity contribution >= 4 is 11.8 Å². The van der Waals surface area contributed by atoms with Gasteiger partial charge in [-0.15, -0.1) is 0 Å². The summed E-state index contributed by atoms with van der Waals surface area (Å²) in [6.45, 7) is 0. The van der Waals surface area contributed by atoms with Gasteiger partial charge < -0.3 is 10.4 Å². The molecule has 1 aliphatic carbocycles. The van der Waals surface area contributed by atoms with Gasteiger partial charge in [-0.05, 0) is 35.8 Å². The number of anilines is 1. The van der Waals surface area contributed by atoms with E-state index in [4.69, 9.17) is 5.11 Å². The number of carboxylic acid groups (broad SMARTS) is 1. The summed E-state index contributed by atoms with van der Waals surface area (Å²) in [5, 5.41) is 12.1. The summed E-state index contributed by atoms with van der Waals surface area (Å²) in [6, 6.07) is 7.37. The minimum absolute atomic E-state index is 0.239. The van der Waals surface area contributed by atoms with Crippen LogP contribution in [0.4, 0.5) is 5.82 Å². The third kappa shape index (κ3) is 2.51. The maximum absolute atomic E-state index is 10.9. The maximum Gasteiger partial charge on any atom is 0.337 e. The minimum Gasteiger partial charge on any atom is -0.478 e. The largest absolute Gasteiger partial charge is 0.478 e. The molecule has 2 N–H and O–H groups in total. The summed E-state index contributed by atoms with van der Waals surface area (Å²) in [6.07, 6.45) is 6.53. The van der Waals surface area contributed by atoms with Crippen LogP contribution in [-0.4, -0.2) is 21.0 Å². The highest BCUT2D eigenvalue weighted by Gasteiger charge is 2.18. The molecule has 2 aromatic rings. The summed E-state index contributed by atoms with van der Waals surface area (Å²) in [4.78, 5) is 19.3. The van der Waals surface area contributed by atoms with E-state index >= 15 is 0 Å². The SMILES string of the molecule is O=C(O)c1cnc2c(c1)CC(=CNc1ccccn1)C2. The van der Waals surface area contributed by atoms with Crippen molar-refractivity contribution in [3.05, 3.63) is 65.3 Å². The summed E-state index contributed by atoms with van der Waals surface area (Å²) < 4.78 is 0. The number of hydrogen-bond donors (Lipinski definition) is 2. The minimum atomic E-state index is -0.940. The third-order valence-electron chi connectivity index (χ3n) is 3.21. The van der Waals surface area contributed by atoms with Crippen molar-refractivity contribution < 1.29 is 9.90 Å². The first-order valence-corrected chi connectivity index (χ1v) is 6.29. The fraction of sp³-hybridized carbons (Fsp3) is 0.133. The molecule has 5 heteroatoms. The zero-order valence-electron chi connectivity index (χ0n) is 10.7. The van der Waals surface area contributed by atoms with Gasteiger partial charge in [-0.2, -0.15) is 0 Å². The Labute approximate surface area is 116 Å². The number of aromatic nitrogens is 2. The Hall–Kier alpha value is -2.69. The number of fused-ring (bicyclic) bond motifs is 1. The van der Waals surface area contributed by atoms with Gasteiger partial charge in [-0.3, -0.25) is 4.98 Å². The van der Waals surface area contributed by atoms with Crippen LogP contribution in [0.5, 0.6) is 0 Å². The molecular weight excluding hydrogens is 254 g/mol. The maximum atomic E-state index is 10.9. The molecule has 0 bridgehead atoms. The highest BCUT2D eigenvalue weighted by molar-refractivity contribution is 5.87. The lowest BCUT2D eigenvalue weighted by Gasteiger charge is -2.00. The van der Waals surface area contributed by atoms with Gasteiger partial charge in [0.1, 0.15) is 5.82 Å². The normalized spacial score (nSPS) is 15.1. The predicted molar refractivity (Wildman–Crippen MR) is 74.5 cm³/mol. The molecule has 0 amide bonds. The average molecular weight is 267 g/mol. The standard InChI is InChI=1S/C15H13N3O2/c19-15(20)12-7-11-5-10(6-13(11)17-9-12)8-18-14-3-1-2-4-16-14/h1-4,7-9H,5-6H2,(H,16,18)(H,19,20). The molecule has 2 aromatic heterocycles. The van der Waals surface area contributed by atoms with E-state index < -0.39 is 5.97 Å². The fourth-order valence-corrected chi connectivity index (χ4v) is 2.22. The van der Waals surface area contributed by atoms with E-state index in [0.29, 0.717) is 0 Å². The molecule has 0 unspecified atom stereocenters. The second-order valence-corrected chi connectivity index (χ2v) is 4.65. The van der Waals surface area contributed by atoms with Crippen molar-refractivity contribution in [1.82, 2.24) is 9.97 Å². The quantitative estimate of drug-likeness (QED) is 0.892. The molecule has 0 aliphatic heterocycles. The van der Waals surface area contributed by atoms with Gasteiger partial charge in [0.25, 0.3) is 0 Å². The molecule has 20 heavy (non-hydrogen) atoms. The smallest absolute Gasteiger partial charge is 0.337 e. The average Bonchev–Trinajstić information content (AvgIpc) is 2.88. The third-order valence-corrected chi connectivity index (χ3v) is 3.21. The van der Waals surface area contributed by atoms with Crippen LogP contribution in [0.1, 0.15) is 21.6 Å². The van der Waals surface area contributed by atoms with Gasteiger partial charge in [-0.25, -0.2) is 9.78 Å². The molecule has 3 rings (SSSR count). The van der Waals surface area contributed by atoms with Crippen molar-refractivity contribution in [2.45, 2.75) is 12.8 Å².